The summed E-state index contributed by atoms with van der Waals surface area (Å²) in [5, 5.41) is 7.96. The number of urea groups is 1. The average molecular weight is 490 g/mol. The summed E-state index contributed by atoms with van der Waals surface area (Å²) < 4.78 is 68.1. The molecule has 1 aliphatic heterocycles. The smallest absolute Gasteiger partial charge is 0.319 e. The van der Waals surface area contributed by atoms with Gasteiger partial charge in [-0.3, -0.25) is 0 Å². The molecule has 0 saturated heterocycles. The highest BCUT2D eigenvalue weighted by atomic mass is 32.2. The van der Waals surface area contributed by atoms with Crippen molar-refractivity contribution in [1.29, 1.82) is 0 Å². The van der Waals surface area contributed by atoms with Gasteiger partial charge in [0.2, 0.25) is 0 Å². The van der Waals surface area contributed by atoms with E-state index in [1.165, 1.54) is 43.3 Å². The van der Waals surface area contributed by atoms with Crippen molar-refractivity contribution in [2.75, 3.05) is 5.32 Å². The molecule has 1 atom stereocenters. The molecular weight excluding hydrogens is 467 g/mol. The van der Waals surface area contributed by atoms with Crippen LogP contribution >= 0.6 is 0 Å². The van der Waals surface area contributed by atoms with Crippen molar-refractivity contribution in [2.24, 2.45) is 0 Å². The van der Waals surface area contributed by atoms with E-state index in [0.717, 1.165) is 17.7 Å². The van der Waals surface area contributed by atoms with Crippen LogP contribution in [0, 0.1) is 17.5 Å². The molecular formula is C24H22F3N3O3S. The fraction of sp³-hybridized carbons (Fsp3) is 0.208. The Morgan fingerprint density at radius 2 is 1.68 bits per heavy atom. The predicted octanol–water partition coefficient (Wildman–Crippen LogP) is 4.56. The molecule has 0 radical (unpaired) electrons. The predicted molar refractivity (Wildman–Crippen MR) is 121 cm³/mol. The fourth-order valence-electron chi connectivity index (χ4n) is 3.89. The lowest BCUT2D eigenvalue weighted by molar-refractivity contribution is 0.249. The van der Waals surface area contributed by atoms with Gasteiger partial charge in [0.1, 0.15) is 17.5 Å². The summed E-state index contributed by atoms with van der Waals surface area (Å²) >= 11 is 0. The summed E-state index contributed by atoms with van der Waals surface area (Å²) in [6.07, 6.45) is 0. The van der Waals surface area contributed by atoms with Gasteiger partial charge < -0.3 is 16.0 Å². The number of hydrogen-bond acceptors (Lipinski definition) is 4. The first-order valence-corrected chi connectivity index (χ1v) is 12.1. The number of carbonyl (C=O) groups is 1. The third-order valence-electron chi connectivity index (χ3n) is 5.63. The van der Waals surface area contributed by atoms with E-state index in [-0.39, 0.29) is 21.7 Å². The summed E-state index contributed by atoms with van der Waals surface area (Å²) in [6.45, 7) is 2.35. The first kappa shape index (κ1) is 23.8. The van der Waals surface area contributed by atoms with E-state index < -0.39 is 45.1 Å². The van der Waals surface area contributed by atoms with E-state index in [1.807, 2.05) is 0 Å². The van der Waals surface area contributed by atoms with Crippen LogP contribution in [-0.4, -0.2) is 14.4 Å². The van der Waals surface area contributed by atoms with Crippen molar-refractivity contribution in [3.8, 4) is 0 Å². The van der Waals surface area contributed by atoms with E-state index in [1.54, 1.807) is 6.07 Å². The highest BCUT2D eigenvalue weighted by molar-refractivity contribution is 7.90. The molecule has 0 fully saturated rings. The van der Waals surface area contributed by atoms with Gasteiger partial charge in [0.25, 0.3) is 0 Å². The molecule has 0 saturated carbocycles. The van der Waals surface area contributed by atoms with Crippen LogP contribution in [0.3, 0.4) is 0 Å². The van der Waals surface area contributed by atoms with Crippen LogP contribution < -0.4 is 16.0 Å². The van der Waals surface area contributed by atoms with E-state index in [0.29, 0.717) is 18.7 Å². The lowest BCUT2D eigenvalue weighted by Gasteiger charge is -2.16. The van der Waals surface area contributed by atoms with Crippen LogP contribution in [0.2, 0.25) is 0 Å². The molecule has 3 N–H and O–H groups in total. The summed E-state index contributed by atoms with van der Waals surface area (Å²) in [6, 6.07) is 10.3. The van der Waals surface area contributed by atoms with E-state index in [4.69, 9.17) is 0 Å². The van der Waals surface area contributed by atoms with Crippen molar-refractivity contribution in [1.82, 2.24) is 10.6 Å². The number of fused-ring (bicyclic) bond motifs is 1. The van der Waals surface area contributed by atoms with Gasteiger partial charge in [-0.2, -0.15) is 0 Å². The lowest BCUT2D eigenvalue weighted by atomic mass is 10.1. The van der Waals surface area contributed by atoms with Crippen molar-refractivity contribution >= 4 is 21.6 Å². The highest BCUT2D eigenvalue weighted by Crippen LogP contribution is 2.26. The number of carbonyl (C=O) groups excluding carboxylic acids is 1. The first-order chi connectivity index (χ1) is 16.2. The number of sulfone groups is 1. The zero-order valence-electron chi connectivity index (χ0n) is 18.2. The monoisotopic (exact) mass is 489 g/mol. The minimum Gasteiger partial charge on any atom is -0.331 e. The fourth-order valence-corrected chi connectivity index (χ4v) is 5.24. The second-order valence-electron chi connectivity index (χ2n) is 8.02. The molecule has 6 nitrogen and oxygen atoms in total. The zero-order chi connectivity index (χ0) is 24.5. The maximum Gasteiger partial charge on any atom is 0.319 e. The molecule has 2 amide bonds. The molecule has 1 heterocycles. The number of hydrogen-bond donors (Lipinski definition) is 3. The van der Waals surface area contributed by atoms with E-state index in [2.05, 4.69) is 16.0 Å². The standard InChI is InChI=1S/C24H22F3N3O3S/c1-14(22-20(25)3-2-4-21(22)26)29-24(31)30-17-7-9-18(10-8-17)34(32,33)13-16-6-5-15-11-28-12-19(15)23(16)27/h2-10,14,28H,11-13H2,1H3,(H2,29,30,31). The van der Waals surface area contributed by atoms with E-state index in [9.17, 15) is 26.4 Å². The van der Waals surface area contributed by atoms with Gasteiger partial charge >= 0.3 is 6.03 Å². The van der Waals surface area contributed by atoms with Crippen molar-refractivity contribution < 1.29 is 26.4 Å². The third kappa shape index (κ3) is 4.92. The summed E-state index contributed by atoms with van der Waals surface area (Å²) in [5.74, 6) is -2.57. The van der Waals surface area contributed by atoms with Crippen LogP contribution in [0.15, 0.2) is 59.5 Å². The molecule has 178 valence electrons. The van der Waals surface area contributed by atoms with Crippen molar-refractivity contribution in [3.05, 3.63) is 94.3 Å². The largest absolute Gasteiger partial charge is 0.331 e. The molecule has 3 aromatic rings. The second kappa shape index (κ2) is 9.47. The molecule has 4 rings (SSSR count). The van der Waals surface area contributed by atoms with Crippen LogP contribution in [0.1, 0.15) is 35.2 Å². The number of benzene rings is 3. The number of nitrogens with one attached hydrogen (secondary N) is 3. The van der Waals surface area contributed by atoms with Gasteiger partial charge in [-0.15, -0.1) is 0 Å². The van der Waals surface area contributed by atoms with Gasteiger partial charge in [-0.05, 0) is 48.9 Å². The van der Waals surface area contributed by atoms with Gasteiger partial charge in [-0.25, -0.2) is 26.4 Å². The Hall–Kier alpha value is -3.37. The first-order valence-electron chi connectivity index (χ1n) is 10.5. The normalized spacial score (nSPS) is 13.9. The second-order valence-corrected chi connectivity index (χ2v) is 10.0. The Balaban J connectivity index is 1.42. The maximum absolute atomic E-state index is 14.7. The summed E-state index contributed by atoms with van der Waals surface area (Å²) in [4.78, 5) is 12.2. The van der Waals surface area contributed by atoms with Crippen molar-refractivity contribution in [3.63, 3.8) is 0 Å². The van der Waals surface area contributed by atoms with E-state index >= 15 is 0 Å². The van der Waals surface area contributed by atoms with Crippen LogP contribution in [0.4, 0.5) is 23.7 Å². The Kier molecular flexibility index (Phi) is 6.63. The Morgan fingerprint density at radius 1 is 1.00 bits per heavy atom. The Bertz CT molecular complexity index is 1330. The van der Waals surface area contributed by atoms with Crippen LogP contribution in [0.5, 0.6) is 0 Å². The van der Waals surface area contributed by atoms with Crippen molar-refractivity contribution in [2.45, 2.75) is 36.7 Å². The minimum absolute atomic E-state index is 0.0294. The van der Waals surface area contributed by atoms with Gasteiger partial charge in [0, 0.05) is 35.5 Å². The summed E-state index contributed by atoms with van der Waals surface area (Å²) in [7, 11) is -3.84. The Labute approximate surface area is 195 Å². The molecule has 1 unspecified atom stereocenters. The number of anilines is 1. The highest BCUT2D eigenvalue weighted by Gasteiger charge is 2.23. The molecule has 0 bridgehead atoms. The molecule has 34 heavy (non-hydrogen) atoms. The topological polar surface area (TPSA) is 87.3 Å². The van der Waals surface area contributed by atoms with Gasteiger partial charge in [-0.1, -0.05) is 18.2 Å². The molecule has 1 aliphatic rings. The lowest BCUT2D eigenvalue weighted by Crippen LogP contribution is -2.32. The number of rotatable bonds is 6. The molecule has 10 heteroatoms. The Morgan fingerprint density at radius 3 is 2.35 bits per heavy atom. The molecule has 0 aromatic heterocycles. The number of amides is 2. The summed E-state index contributed by atoms with van der Waals surface area (Å²) in [5.41, 5.74) is 1.40. The molecule has 3 aromatic carbocycles. The maximum atomic E-state index is 14.7. The van der Waals surface area contributed by atoms with Crippen LogP contribution in [0.25, 0.3) is 0 Å². The molecule has 0 aliphatic carbocycles. The quantitative estimate of drug-likeness (QED) is 0.474. The van der Waals surface area contributed by atoms with Gasteiger partial charge in [0.05, 0.1) is 16.7 Å². The SMILES string of the molecule is CC(NC(=O)Nc1ccc(S(=O)(=O)Cc2ccc3c(c2F)CNC3)cc1)c1c(F)cccc1F. The zero-order valence-corrected chi connectivity index (χ0v) is 19.0. The average Bonchev–Trinajstić information content (AvgIpc) is 3.25. The minimum atomic E-state index is -3.84. The molecule has 0 spiro atoms. The van der Waals surface area contributed by atoms with Crippen LogP contribution in [-0.2, 0) is 28.7 Å². The number of halogens is 3. The third-order valence-corrected chi connectivity index (χ3v) is 7.32. The van der Waals surface area contributed by atoms with Gasteiger partial charge in [0.15, 0.2) is 9.84 Å².